The number of hydrogen-bond acceptors (Lipinski definition) is 2. The zero-order valence-corrected chi connectivity index (χ0v) is 6.61. The largest absolute Gasteiger partial charge is 0.478 e. The van der Waals surface area contributed by atoms with Gasteiger partial charge in [-0.2, -0.15) is 0 Å². The van der Waals surface area contributed by atoms with Crippen LogP contribution >= 0.6 is 0 Å². The predicted octanol–water partition coefficient (Wildman–Crippen LogP) is 0.673. The Morgan fingerprint density at radius 2 is 2.50 bits per heavy atom. The number of aliphatic carboxylic acids is 1. The maximum absolute atomic E-state index is 10.6. The maximum atomic E-state index is 10.6. The van der Waals surface area contributed by atoms with E-state index in [1.165, 1.54) is 0 Å². The summed E-state index contributed by atoms with van der Waals surface area (Å²) in [6.07, 6.45) is 3.35. The van der Waals surface area contributed by atoms with Crippen molar-refractivity contribution in [1.29, 1.82) is 0 Å². The van der Waals surface area contributed by atoms with E-state index in [2.05, 4.69) is 4.98 Å². The number of carboxylic acids is 1. The molecule has 0 unspecified atom stereocenters. The third-order valence-corrected chi connectivity index (χ3v) is 1.99. The number of nitrogens with zero attached hydrogens (tertiary/aromatic N) is 2. The van der Waals surface area contributed by atoms with Crippen LogP contribution in [0.25, 0.3) is 6.08 Å². The van der Waals surface area contributed by atoms with Crippen LogP contribution in [-0.2, 0) is 11.3 Å². The SMILES string of the molecule is Cc1cnc2n1CC(C(=O)O)=C2. The molecule has 2 heterocycles. The second-order valence-corrected chi connectivity index (χ2v) is 2.82. The van der Waals surface area contributed by atoms with Gasteiger partial charge < -0.3 is 9.67 Å². The molecule has 1 N–H and O–H groups in total. The van der Waals surface area contributed by atoms with E-state index in [-0.39, 0.29) is 0 Å². The van der Waals surface area contributed by atoms with Crippen molar-refractivity contribution in [2.75, 3.05) is 0 Å². The molecule has 0 saturated carbocycles. The van der Waals surface area contributed by atoms with Crippen LogP contribution in [0.1, 0.15) is 11.5 Å². The highest BCUT2D eigenvalue weighted by Crippen LogP contribution is 2.18. The van der Waals surface area contributed by atoms with Gasteiger partial charge in [0, 0.05) is 11.9 Å². The van der Waals surface area contributed by atoms with E-state index < -0.39 is 5.97 Å². The Kier molecular flexibility index (Phi) is 1.30. The number of rotatable bonds is 1. The third kappa shape index (κ3) is 0.845. The molecular weight excluding hydrogens is 156 g/mol. The maximum Gasteiger partial charge on any atom is 0.333 e. The van der Waals surface area contributed by atoms with Gasteiger partial charge in [0.15, 0.2) is 0 Å². The fraction of sp³-hybridized carbons (Fsp3) is 0.250. The topological polar surface area (TPSA) is 55.1 Å². The monoisotopic (exact) mass is 164 g/mol. The summed E-state index contributed by atoms with van der Waals surface area (Å²) in [4.78, 5) is 14.6. The van der Waals surface area contributed by atoms with Crippen LogP contribution in [0, 0.1) is 6.92 Å². The summed E-state index contributed by atoms with van der Waals surface area (Å²) in [6, 6.07) is 0. The molecule has 1 aromatic heterocycles. The van der Waals surface area contributed by atoms with Gasteiger partial charge >= 0.3 is 5.97 Å². The normalized spacial score (nSPS) is 14.2. The van der Waals surface area contributed by atoms with Crippen molar-refractivity contribution in [3.8, 4) is 0 Å². The van der Waals surface area contributed by atoms with E-state index >= 15 is 0 Å². The minimum atomic E-state index is -0.861. The first kappa shape index (κ1) is 7.09. The Balaban J connectivity index is 2.41. The lowest BCUT2D eigenvalue weighted by molar-refractivity contribution is -0.132. The molecule has 1 aliphatic rings. The number of hydrogen-bond donors (Lipinski definition) is 1. The number of carboxylic acid groups (broad SMARTS) is 1. The number of fused-ring (bicyclic) bond motifs is 1. The number of carbonyl (C=O) groups is 1. The van der Waals surface area contributed by atoms with Gasteiger partial charge in [-0.15, -0.1) is 0 Å². The second kappa shape index (κ2) is 2.20. The predicted molar refractivity (Wildman–Crippen MR) is 42.6 cm³/mol. The smallest absolute Gasteiger partial charge is 0.333 e. The van der Waals surface area contributed by atoms with Crippen LogP contribution in [0.2, 0.25) is 0 Å². The van der Waals surface area contributed by atoms with E-state index in [1.54, 1.807) is 12.3 Å². The lowest BCUT2D eigenvalue weighted by Crippen LogP contribution is -2.04. The van der Waals surface area contributed by atoms with Gasteiger partial charge in [0.05, 0.1) is 12.1 Å². The summed E-state index contributed by atoms with van der Waals surface area (Å²) in [6.45, 7) is 2.35. The fourth-order valence-electron chi connectivity index (χ4n) is 1.30. The van der Waals surface area contributed by atoms with Crippen molar-refractivity contribution in [2.24, 2.45) is 0 Å². The lowest BCUT2D eigenvalue weighted by Gasteiger charge is -1.99. The van der Waals surface area contributed by atoms with Crippen LogP contribution in [0.3, 0.4) is 0 Å². The minimum Gasteiger partial charge on any atom is -0.478 e. The molecule has 4 nitrogen and oxygen atoms in total. The van der Waals surface area contributed by atoms with Gasteiger partial charge in [0.1, 0.15) is 5.82 Å². The third-order valence-electron chi connectivity index (χ3n) is 1.99. The van der Waals surface area contributed by atoms with Gasteiger partial charge in [0.2, 0.25) is 0 Å². The zero-order chi connectivity index (χ0) is 8.72. The Bertz CT molecular complexity index is 376. The van der Waals surface area contributed by atoms with Gasteiger partial charge in [0.25, 0.3) is 0 Å². The van der Waals surface area contributed by atoms with Crippen LogP contribution in [0.5, 0.6) is 0 Å². The standard InChI is InChI=1S/C8H8N2O2/c1-5-3-9-7-2-6(8(11)12)4-10(5)7/h2-3H,4H2,1H3,(H,11,12). The first-order valence-electron chi connectivity index (χ1n) is 3.64. The molecule has 0 aromatic carbocycles. The molecule has 4 heteroatoms. The molecule has 1 aromatic rings. The van der Waals surface area contributed by atoms with Crippen LogP contribution in [0.4, 0.5) is 0 Å². The molecule has 2 rings (SSSR count). The quantitative estimate of drug-likeness (QED) is 0.663. The highest BCUT2D eigenvalue weighted by Gasteiger charge is 2.19. The highest BCUT2D eigenvalue weighted by atomic mass is 16.4. The van der Waals surface area contributed by atoms with E-state index in [0.29, 0.717) is 12.1 Å². The molecular formula is C8H8N2O2. The Labute approximate surface area is 69.2 Å². The molecule has 0 fully saturated rings. The molecule has 0 atom stereocenters. The second-order valence-electron chi connectivity index (χ2n) is 2.82. The molecule has 12 heavy (non-hydrogen) atoms. The number of aromatic nitrogens is 2. The summed E-state index contributed by atoms with van der Waals surface area (Å²) in [5, 5.41) is 8.69. The first-order chi connectivity index (χ1) is 5.68. The lowest BCUT2D eigenvalue weighted by atomic mass is 10.3. The first-order valence-corrected chi connectivity index (χ1v) is 3.64. The zero-order valence-electron chi connectivity index (χ0n) is 6.61. The van der Waals surface area contributed by atoms with Gasteiger partial charge in [-0.25, -0.2) is 9.78 Å². The average Bonchev–Trinajstić information content (AvgIpc) is 2.53. The molecule has 0 radical (unpaired) electrons. The fourth-order valence-corrected chi connectivity index (χ4v) is 1.30. The molecule has 0 saturated heterocycles. The van der Waals surface area contributed by atoms with Gasteiger partial charge in [-0.05, 0) is 13.0 Å². The summed E-state index contributed by atoms with van der Waals surface area (Å²) in [5.74, 6) is -0.121. The van der Waals surface area contributed by atoms with Gasteiger partial charge in [-0.3, -0.25) is 0 Å². The van der Waals surface area contributed by atoms with Crippen LogP contribution < -0.4 is 0 Å². The molecule has 0 bridgehead atoms. The van der Waals surface area contributed by atoms with E-state index in [4.69, 9.17) is 5.11 Å². The van der Waals surface area contributed by atoms with E-state index in [0.717, 1.165) is 11.5 Å². The van der Waals surface area contributed by atoms with Crippen molar-refractivity contribution in [2.45, 2.75) is 13.5 Å². The van der Waals surface area contributed by atoms with Crippen molar-refractivity contribution < 1.29 is 9.90 Å². The minimum absolute atomic E-state index is 0.404. The molecule has 62 valence electrons. The van der Waals surface area contributed by atoms with Crippen molar-refractivity contribution in [1.82, 2.24) is 9.55 Å². The summed E-state index contributed by atoms with van der Waals surface area (Å²) >= 11 is 0. The van der Waals surface area contributed by atoms with Crippen molar-refractivity contribution in [3.63, 3.8) is 0 Å². The summed E-state index contributed by atoms with van der Waals surface area (Å²) in [7, 11) is 0. The summed E-state index contributed by atoms with van der Waals surface area (Å²) < 4.78 is 1.88. The summed E-state index contributed by atoms with van der Waals surface area (Å²) in [5.41, 5.74) is 1.40. The Morgan fingerprint density at radius 1 is 1.75 bits per heavy atom. The molecule has 0 aliphatic carbocycles. The molecule has 1 aliphatic heterocycles. The van der Waals surface area contributed by atoms with Crippen LogP contribution in [-0.4, -0.2) is 20.6 Å². The number of imidazole rings is 1. The molecule has 0 spiro atoms. The molecule has 0 amide bonds. The number of aryl methyl sites for hydroxylation is 1. The van der Waals surface area contributed by atoms with E-state index in [1.807, 2.05) is 11.5 Å². The van der Waals surface area contributed by atoms with Crippen LogP contribution in [0.15, 0.2) is 11.8 Å². The average molecular weight is 164 g/mol. The van der Waals surface area contributed by atoms with Crippen molar-refractivity contribution in [3.05, 3.63) is 23.3 Å². The van der Waals surface area contributed by atoms with E-state index in [9.17, 15) is 4.79 Å². The highest BCUT2D eigenvalue weighted by molar-refractivity contribution is 5.92. The Hall–Kier alpha value is -1.58. The van der Waals surface area contributed by atoms with Gasteiger partial charge in [-0.1, -0.05) is 0 Å². The van der Waals surface area contributed by atoms with Crippen molar-refractivity contribution >= 4 is 12.0 Å². The Morgan fingerprint density at radius 3 is 3.08 bits per heavy atom.